The van der Waals surface area contributed by atoms with Crippen LogP contribution in [0.2, 0.25) is 0 Å². The van der Waals surface area contributed by atoms with E-state index in [1.54, 1.807) is 48.5 Å². The molecule has 0 saturated heterocycles. The molecule has 278 valence electrons. The minimum Gasteiger partial charge on any atom is -0.353 e. The van der Waals surface area contributed by atoms with Crippen LogP contribution < -0.4 is 0 Å². The molecule has 7 heteroatoms. The van der Waals surface area contributed by atoms with Crippen LogP contribution in [0.15, 0.2) is 115 Å². The van der Waals surface area contributed by atoms with Gasteiger partial charge >= 0.3 is 6.18 Å². The van der Waals surface area contributed by atoms with Crippen LogP contribution in [0.3, 0.4) is 0 Å². The van der Waals surface area contributed by atoms with Crippen molar-refractivity contribution in [3.05, 3.63) is 138 Å². The maximum atomic E-state index is 15.6. The molecule has 4 aromatic heterocycles. The summed E-state index contributed by atoms with van der Waals surface area (Å²) in [6.07, 6.45) is -4.74. The van der Waals surface area contributed by atoms with E-state index in [1.165, 1.54) is 0 Å². The summed E-state index contributed by atoms with van der Waals surface area (Å²) in [6, 6.07) is 36.6. The number of aromatic amines is 1. The van der Waals surface area contributed by atoms with E-state index in [-0.39, 0.29) is 27.8 Å². The van der Waals surface area contributed by atoms with Crippen molar-refractivity contribution in [3.63, 3.8) is 0 Å². The number of pyridine rings is 3. The van der Waals surface area contributed by atoms with E-state index in [2.05, 4.69) is 89.0 Å². The highest BCUT2D eigenvalue weighted by Gasteiger charge is 2.39. The van der Waals surface area contributed by atoms with Gasteiger partial charge in [-0.3, -0.25) is 0 Å². The minimum atomic E-state index is -4.74. The molecule has 0 amide bonds. The summed E-state index contributed by atoms with van der Waals surface area (Å²) in [5.41, 5.74) is 9.64. The molecule has 4 nitrogen and oxygen atoms in total. The standard InChI is InChI=1S/C49H41F3N4/c1-27-32(28-15-10-8-11-16-28)25-40-36-23-30(47(2,3)4)21-34-35-22-31(48(5,6)7)24-37(45(35)56-44(34)36)41-26-33(29-17-12-9-13-18-29)42(49(50,51)52)46(55-41)39-20-14-19-38(53-39)43(27)54-40/h8-26,56H,1-7H3. The number of aromatic nitrogens is 4. The third kappa shape index (κ3) is 5.88. The molecule has 56 heavy (non-hydrogen) atoms. The van der Waals surface area contributed by atoms with Crippen molar-refractivity contribution in [2.45, 2.75) is 65.5 Å². The van der Waals surface area contributed by atoms with Crippen molar-refractivity contribution in [1.82, 2.24) is 19.9 Å². The average molecular weight is 743 g/mol. The van der Waals surface area contributed by atoms with Gasteiger partial charge in [0.25, 0.3) is 0 Å². The fraction of sp³-hybridized carbons (Fsp3) is 0.204. The first-order valence-corrected chi connectivity index (χ1v) is 18.9. The Balaban J connectivity index is 1.54. The molecular weight excluding hydrogens is 702 g/mol. The molecule has 0 atom stereocenters. The van der Waals surface area contributed by atoms with Crippen molar-refractivity contribution in [2.75, 3.05) is 0 Å². The largest absolute Gasteiger partial charge is 0.419 e. The van der Waals surface area contributed by atoms with E-state index in [9.17, 15) is 0 Å². The maximum Gasteiger partial charge on any atom is 0.419 e. The number of alkyl halides is 3. The van der Waals surface area contributed by atoms with Crippen LogP contribution in [0.5, 0.6) is 0 Å². The molecule has 8 aromatic rings. The summed E-state index contributed by atoms with van der Waals surface area (Å²) in [7, 11) is 0. The Hall–Kier alpha value is -6.08. The van der Waals surface area contributed by atoms with E-state index < -0.39 is 11.7 Å². The first-order valence-electron chi connectivity index (χ1n) is 18.9. The summed E-state index contributed by atoms with van der Waals surface area (Å²) >= 11 is 0. The molecule has 1 aliphatic heterocycles. The maximum absolute atomic E-state index is 15.6. The Morgan fingerprint density at radius 2 is 0.929 bits per heavy atom. The second-order valence-electron chi connectivity index (χ2n) is 17.0. The van der Waals surface area contributed by atoms with E-state index >= 15 is 13.2 Å². The second kappa shape index (κ2) is 12.5. The number of benzene rings is 4. The van der Waals surface area contributed by atoms with Crippen LogP contribution in [-0.4, -0.2) is 19.9 Å². The smallest absolute Gasteiger partial charge is 0.353 e. The predicted molar refractivity (Wildman–Crippen MR) is 223 cm³/mol. The number of nitrogens with zero attached hydrogens (tertiary/aromatic N) is 3. The molecule has 0 spiro atoms. The third-order valence-electron chi connectivity index (χ3n) is 11.1. The van der Waals surface area contributed by atoms with Gasteiger partial charge in [0.1, 0.15) is 5.69 Å². The van der Waals surface area contributed by atoms with Gasteiger partial charge < -0.3 is 4.98 Å². The molecule has 8 bridgehead atoms. The molecule has 0 fully saturated rings. The van der Waals surface area contributed by atoms with E-state index in [4.69, 9.17) is 15.0 Å². The molecule has 0 unspecified atom stereocenters. The van der Waals surface area contributed by atoms with Gasteiger partial charge in [-0.25, -0.2) is 15.0 Å². The summed E-state index contributed by atoms with van der Waals surface area (Å²) in [5, 5.41) is 1.99. The van der Waals surface area contributed by atoms with Gasteiger partial charge in [0.15, 0.2) is 0 Å². The highest BCUT2D eigenvalue weighted by Crippen LogP contribution is 2.48. The number of halogens is 3. The van der Waals surface area contributed by atoms with Crippen LogP contribution >= 0.6 is 0 Å². The summed E-state index contributed by atoms with van der Waals surface area (Å²) in [4.78, 5) is 19.2. The third-order valence-corrected chi connectivity index (χ3v) is 11.1. The molecule has 0 aliphatic carbocycles. The van der Waals surface area contributed by atoms with Gasteiger partial charge in [-0.1, -0.05) is 108 Å². The lowest BCUT2D eigenvalue weighted by Crippen LogP contribution is -2.13. The SMILES string of the molecule is Cc1c(-c2ccccc2)cc2nc1-c1cccc(n1)-c1nc(cc(-c3ccccc3)c1C(F)(F)F)-c1cc(C(C)(C)C)cc3c1[nH]c1c-2cc(C(C)(C)C)cc13. The summed E-state index contributed by atoms with van der Waals surface area (Å²) < 4.78 is 46.8. The molecule has 1 aliphatic rings. The fourth-order valence-electron chi connectivity index (χ4n) is 7.99. The Labute approximate surface area is 324 Å². The van der Waals surface area contributed by atoms with Gasteiger partial charge in [-0.05, 0) is 105 Å². The monoisotopic (exact) mass is 742 g/mol. The first-order chi connectivity index (χ1) is 26.6. The number of hydrogen-bond acceptors (Lipinski definition) is 3. The Bertz CT molecular complexity index is 2860. The van der Waals surface area contributed by atoms with Gasteiger partial charge in [0.05, 0.1) is 45.1 Å². The molecule has 0 saturated carbocycles. The van der Waals surface area contributed by atoms with Crippen LogP contribution in [0.25, 0.3) is 89.4 Å². The molecule has 9 rings (SSSR count). The zero-order chi connectivity index (χ0) is 39.3. The zero-order valence-electron chi connectivity index (χ0n) is 32.4. The van der Waals surface area contributed by atoms with E-state index in [0.29, 0.717) is 22.6 Å². The molecule has 4 aromatic carbocycles. The minimum absolute atomic E-state index is 0.0428. The zero-order valence-corrected chi connectivity index (χ0v) is 32.4. The molecular formula is C49H41F3N4. The fourth-order valence-corrected chi connectivity index (χ4v) is 7.99. The van der Waals surface area contributed by atoms with Gasteiger partial charge in [0, 0.05) is 21.9 Å². The highest BCUT2D eigenvalue weighted by atomic mass is 19.4. The summed E-state index contributed by atoms with van der Waals surface area (Å²) in [6.45, 7) is 15.1. The van der Waals surface area contributed by atoms with Crippen molar-refractivity contribution in [2.24, 2.45) is 0 Å². The van der Waals surface area contributed by atoms with Crippen molar-refractivity contribution in [1.29, 1.82) is 0 Å². The van der Waals surface area contributed by atoms with Gasteiger partial charge in [-0.15, -0.1) is 0 Å². The van der Waals surface area contributed by atoms with Crippen LogP contribution in [-0.2, 0) is 17.0 Å². The number of H-pyrrole nitrogens is 1. The lowest BCUT2D eigenvalue weighted by Gasteiger charge is -2.22. The first kappa shape index (κ1) is 35.6. The molecule has 5 heterocycles. The second-order valence-corrected chi connectivity index (χ2v) is 17.0. The van der Waals surface area contributed by atoms with Crippen LogP contribution in [0, 0.1) is 6.92 Å². The van der Waals surface area contributed by atoms with Crippen molar-refractivity contribution in [3.8, 4) is 67.5 Å². The number of hydrogen-bond donors (Lipinski definition) is 1. The lowest BCUT2D eigenvalue weighted by molar-refractivity contribution is -0.136. The molecule has 1 N–H and O–H groups in total. The Kier molecular flexibility index (Phi) is 7.93. The Morgan fingerprint density at radius 1 is 0.464 bits per heavy atom. The Morgan fingerprint density at radius 3 is 1.43 bits per heavy atom. The number of rotatable bonds is 2. The quantitative estimate of drug-likeness (QED) is 0.192. The summed E-state index contributed by atoms with van der Waals surface area (Å²) in [5.74, 6) is 0. The van der Waals surface area contributed by atoms with Crippen LogP contribution in [0.1, 0.15) is 63.8 Å². The molecule has 0 radical (unpaired) electrons. The average Bonchev–Trinajstić information content (AvgIpc) is 3.55. The highest BCUT2D eigenvalue weighted by molar-refractivity contribution is 6.16. The van der Waals surface area contributed by atoms with Crippen LogP contribution in [0.4, 0.5) is 13.2 Å². The van der Waals surface area contributed by atoms with Crippen molar-refractivity contribution < 1.29 is 13.2 Å². The van der Waals surface area contributed by atoms with Gasteiger partial charge in [0.2, 0.25) is 0 Å². The number of nitrogens with one attached hydrogen (secondary N) is 1. The topological polar surface area (TPSA) is 54.5 Å². The van der Waals surface area contributed by atoms with Crippen molar-refractivity contribution >= 4 is 21.8 Å². The normalized spacial score (nSPS) is 12.8. The predicted octanol–water partition coefficient (Wildman–Crippen LogP) is 13.7. The lowest BCUT2D eigenvalue weighted by atomic mass is 9.82. The van der Waals surface area contributed by atoms with Gasteiger partial charge in [-0.2, -0.15) is 13.2 Å². The van der Waals surface area contributed by atoms with E-state index in [1.807, 2.05) is 31.2 Å². The number of fused-ring (bicyclic) bond motifs is 11. The van der Waals surface area contributed by atoms with E-state index in [0.717, 1.165) is 66.4 Å².